The van der Waals surface area contributed by atoms with Crippen molar-refractivity contribution in [3.05, 3.63) is 0 Å². The van der Waals surface area contributed by atoms with Gasteiger partial charge in [-0.15, -0.1) is 0 Å². The first kappa shape index (κ1) is 13.5. The van der Waals surface area contributed by atoms with Crippen LogP contribution in [0.3, 0.4) is 0 Å². The van der Waals surface area contributed by atoms with Crippen LogP contribution in [-0.4, -0.2) is 37.7 Å². The van der Waals surface area contributed by atoms with E-state index in [4.69, 9.17) is 4.74 Å². The van der Waals surface area contributed by atoms with Crippen LogP contribution in [0.2, 0.25) is 0 Å². The molecule has 0 aromatic rings. The van der Waals surface area contributed by atoms with Gasteiger partial charge in [-0.05, 0) is 26.7 Å². The third-order valence-corrected chi connectivity index (χ3v) is 3.38. The molecule has 0 radical (unpaired) electrons. The molecule has 0 aliphatic heterocycles. The standard InChI is InChI=1S/C12H24N2O2/c1-9(10(2)16-3)13-8-12(15)14-11-6-4-5-7-11/h9-11,13H,4-8H2,1-3H3,(H,14,15). The monoisotopic (exact) mass is 228 g/mol. The van der Waals surface area contributed by atoms with E-state index in [1.807, 2.05) is 13.8 Å². The van der Waals surface area contributed by atoms with Gasteiger partial charge in [0.1, 0.15) is 0 Å². The Balaban J connectivity index is 2.14. The highest BCUT2D eigenvalue weighted by atomic mass is 16.5. The molecule has 0 heterocycles. The Kier molecular flexibility index (Phi) is 5.77. The number of ether oxygens (including phenoxy) is 1. The number of amides is 1. The van der Waals surface area contributed by atoms with Gasteiger partial charge in [0.05, 0.1) is 12.6 Å². The molecule has 0 spiro atoms. The lowest BCUT2D eigenvalue weighted by Gasteiger charge is -2.20. The lowest BCUT2D eigenvalue weighted by Crippen LogP contribution is -2.44. The maximum absolute atomic E-state index is 11.6. The molecular weight excluding hydrogens is 204 g/mol. The average molecular weight is 228 g/mol. The summed E-state index contributed by atoms with van der Waals surface area (Å²) < 4.78 is 5.18. The Morgan fingerprint density at radius 2 is 2.00 bits per heavy atom. The van der Waals surface area contributed by atoms with Crippen molar-refractivity contribution < 1.29 is 9.53 Å². The van der Waals surface area contributed by atoms with E-state index in [1.165, 1.54) is 12.8 Å². The third-order valence-electron chi connectivity index (χ3n) is 3.38. The highest BCUT2D eigenvalue weighted by molar-refractivity contribution is 5.78. The highest BCUT2D eigenvalue weighted by Crippen LogP contribution is 2.17. The van der Waals surface area contributed by atoms with E-state index in [1.54, 1.807) is 7.11 Å². The fourth-order valence-corrected chi connectivity index (χ4v) is 1.97. The zero-order valence-electron chi connectivity index (χ0n) is 10.6. The predicted molar refractivity (Wildman–Crippen MR) is 64.3 cm³/mol. The van der Waals surface area contributed by atoms with Gasteiger partial charge in [-0.1, -0.05) is 12.8 Å². The van der Waals surface area contributed by atoms with Crippen molar-refractivity contribution in [2.24, 2.45) is 0 Å². The van der Waals surface area contributed by atoms with E-state index < -0.39 is 0 Å². The van der Waals surface area contributed by atoms with E-state index in [9.17, 15) is 4.79 Å². The minimum atomic E-state index is 0.0991. The maximum Gasteiger partial charge on any atom is 0.234 e. The zero-order chi connectivity index (χ0) is 12.0. The minimum Gasteiger partial charge on any atom is -0.380 e. The second-order valence-corrected chi connectivity index (χ2v) is 4.66. The summed E-state index contributed by atoms with van der Waals surface area (Å²) in [4.78, 5) is 11.6. The van der Waals surface area contributed by atoms with Crippen LogP contribution in [0.4, 0.5) is 0 Å². The smallest absolute Gasteiger partial charge is 0.234 e. The van der Waals surface area contributed by atoms with Gasteiger partial charge in [0.2, 0.25) is 5.91 Å². The van der Waals surface area contributed by atoms with Crippen LogP contribution in [0, 0.1) is 0 Å². The van der Waals surface area contributed by atoms with Crippen LogP contribution in [0.1, 0.15) is 39.5 Å². The number of carbonyl (C=O) groups excluding carboxylic acids is 1. The van der Waals surface area contributed by atoms with Gasteiger partial charge >= 0.3 is 0 Å². The van der Waals surface area contributed by atoms with Crippen LogP contribution in [0.15, 0.2) is 0 Å². The van der Waals surface area contributed by atoms with Crippen LogP contribution in [0.5, 0.6) is 0 Å². The van der Waals surface area contributed by atoms with Crippen molar-refractivity contribution in [3.63, 3.8) is 0 Å². The first-order valence-corrected chi connectivity index (χ1v) is 6.19. The number of nitrogens with one attached hydrogen (secondary N) is 2. The average Bonchev–Trinajstić information content (AvgIpc) is 2.77. The van der Waals surface area contributed by atoms with Gasteiger partial charge in [-0.25, -0.2) is 0 Å². The Morgan fingerprint density at radius 3 is 2.56 bits per heavy atom. The summed E-state index contributed by atoms with van der Waals surface area (Å²) >= 11 is 0. The van der Waals surface area contributed by atoms with Crippen molar-refractivity contribution >= 4 is 5.91 Å². The van der Waals surface area contributed by atoms with Crippen LogP contribution < -0.4 is 10.6 Å². The third kappa shape index (κ3) is 4.49. The Labute approximate surface area is 98.1 Å². The number of rotatable bonds is 6. The lowest BCUT2D eigenvalue weighted by atomic mass is 10.2. The summed E-state index contributed by atoms with van der Waals surface area (Å²) in [5.74, 6) is 0.0991. The molecule has 1 amide bonds. The highest BCUT2D eigenvalue weighted by Gasteiger charge is 2.18. The van der Waals surface area contributed by atoms with Gasteiger partial charge in [-0.3, -0.25) is 4.79 Å². The predicted octanol–water partition coefficient (Wildman–Crippen LogP) is 1.06. The normalized spacial score (nSPS) is 20.7. The van der Waals surface area contributed by atoms with E-state index in [0.29, 0.717) is 12.6 Å². The van der Waals surface area contributed by atoms with E-state index in [2.05, 4.69) is 10.6 Å². The van der Waals surface area contributed by atoms with Crippen molar-refractivity contribution in [2.75, 3.05) is 13.7 Å². The molecule has 0 aromatic carbocycles. The quantitative estimate of drug-likeness (QED) is 0.714. The number of hydrogen-bond donors (Lipinski definition) is 2. The van der Waals surface area contributed by atoms with Gasteiger partial charge in [-0.2, -0.15) is 0 Å². The Bertz CT molecular complexity index is 215. The molecular formula is C12H24N2O2. The lowest BCUT2D eigenvalue weighted by molar-refractivity contribution is -0.121. The molecule has 0 aromatic heterocycles. The molecule has 2 N–H and O–H groups in total. The van der Waals surface area contributed by atoms with Crippen LogP contribution in [0.25, 0.3) is 0 Å². The molecule has 1 aliphatic rings. The summed E-state index contributed by atoms with van der Waals surface area (Å²) in [5, 5.41) is 6.22. The van der Waals surface area contributed by atoms with Crippen molar-refractivity contribution in [1.82, 2.24) is 10.6 Å². The Morgan fingerprint density at radius 1 is 1.38 bits per heavy atom. The fraction of sp³-hybridized carbons (Fsp3) is 0.917. The summed E-state index contributed by atoms with van der Waals surface area (Å²) in [5.41, 5.74) is 0. The summed E-state index contributed by atoms with van der Waals surface area (Å²) in [6, 6.07) is 0.601. The van der Waals surface area contributed by atoms with Gasteiger partial charge in [0, 0.05) is 19.2 Å². The SMILES string of the molecule is COC(C)C(C)NCC(=O)NC1CCCC1. The van der Waals surface area contributed by atoms with Gasteiger partial charge < -0.3 is 15.4 Å². The molecule has 1 fully saturated rings. The number of carbonyl (C=O) groups is 1. The van der Waals surface area contributed by atoms with Crippen molar-refractivity contribution in [2.45, 2.75) is 57.7 Å². The van der Waals surface area contributed by atoms with E-state index >= 15 is 0 Å². The molecule has 94 valence electrons. The van der Waals surface area contributed by atoms with Crippen molar-refractivity contribution in [3.8, 4) is 0 Å². The molecule has 1 saturated carbocycles. The summed E-state index contributed by atoms with van der Waals surface area (Å²) in [6.45, 7) is 4.40. The first-order chi connectivity index (χ1) is 7.63. The minimum absolute atomic E-state index is 0.0991. The van der Waals surface area contributed by atoms with Crippen LogP contribution >= 0.6 is 0 Å². The topological polar surface area (TPSA) is 50.4 Å². The van der Waals surface area contributed by atoms with Crippen LogP contribution in [-0.2, 0) is 9.53 Å². The van der Waals surface area contributed by atoms with E-state index in [0.717, 1.165) is 12.8 Å². The number of hydrogen-bond acceptors (Lipinski definition) is 3. The molecule has 2 atom stereocenters. The first-order valence-electron chi connectivity index (χ1n) is 6.19. The van der Waals surface area contributed by atoms with Crippen molar-refractivity contribution in [1.29, 1.82) is 0 Å². The molecule has 4 heteroatoms. The fourth-order valence-electron chi connectivity index (χ4n) is 1.97. The molecule has 16 heavy (non-hydrogen) atoms. The van der Waals surface area contributed by atoms with Gasteiger partial charge in [0.15, 0.2) is 0 Å². The second-order valence-electron chi connectivity index (χ2n) is 4.66. The van der Waals surface area contributed by atoms with E-state index in [-0.39, 0.29) is 18.1 Å². The molecule has 4 nitrogen and oxygen atoms in total. The second kappa shape index (κ2) is 6.86. The number of methoxy groups -OCH3 is 1. The Hall–Kier alpha value is -0.610. The van der Waals surface area contributed by atoms with Gasteiger partial charge in [0.25, 0.3) is 0 Å². The molecule has 0 bridgehead atoms. The molecule has 1 aliphatic carbocycles. The summed E-state index contributed by atoms with van der Waals surface area (Å²) in [6.07, 6.45) is 4.88. The molecule has 2 unspecified atom stereocenters. The summed E-state index contributed by atoms with van der Waals surface area (Å²) in [7, 11) is 1.68. The largest absolute Gasteiger partial charge is 0.380 e. The zero-order valence-corrected chi connectivity index (χ0v) is 10.6. The molecule has 0 saturated heterocycles. The maximum atomic E-state index is 11.6. The molecule has 1 rings (SSSR count).